The normalized spacial score (nSPS) is 24.6. The van der Waals surface area contributed by atoms with Gasteiger partial charge >= 0.3 is 6.09 Å². The first-order valence-corrected chi connectivity index (χ1v) is 3.84. The van der Waals surface area contributed by atoms with Gasteiger partial charge in [0, 0.05) is 19.0 Å². The first-order valence-electron chi connectivity index (χ1n) is 3.84. The molecule has 0 aromatic carbocycles. The summed E-state index contributed by atoms with van der Waals surface area (Å²) in [4.78, 5) is 11.6. The Morgan fingerprint density at radius 3 is 2.42 bits per heavy atom. The van der Waals surface area contributed by atoms with E-state index < -0.39 is 11.9 Å². The molecule has 0 spiro atoms. The van der Waals surface area contributed by atoms with E-state index in [1.54, 1.807) is 0 Å². The SMILES string of the molecule is CC(O)(O)C1CCN(C(=O)O)C1. The molecule has 3 N–H and O–H groups in total. The Bertz CT molecular complexity index is 186. The predicted octanol–water partition coefficient (Wildman–Crippen LogP) is -0.313. The van der Waals surface area contributed by atoms with Crippen molar-refractivity contribution in [3.05, 3.63) is 0 Å². The average Bonchev–Trinajstić information content (AvgIpc) is 2.30. The maximum absolute atomic E-state index is 10.4. The Morgan fingerprint density at radius 1 is 1.58 bits per heavy atom. The number of amides is 1. The highest BCUT2D eigenvalue weighted by Crippen LogP contribution is 2.25. The van der Waals surface area contributed by atoms with Crippen LogP contribution in [0.4, 0.5) is 4.79 Å². The predicted molar refractivity (Wildman–Crippen MR) is 40.5 cm³/mol. The molecule has 5 heteroatoms. The summed E-state index contributed by atoms with van der Waals surface area (Å²) in [5, 5.41) is 26.9. The number of hydrogen-bond acceptors (Lipinski definition) is 3. The Balaban J connectivity index is 2.51. The van der Waals surface area contributed by atoms with Gasteiger partial charge in [0.15, 0.2) is 5.79 Å². The molecule has 1 heterocycles. The maximum atomic E-state index is 10.4. The summed E-state index contributed by atoms with van der Waals surface area (Å²) in [6.45, 7) is 1.87. The van der Waals surface area contributed by atoms with Crippen LogP contribution in [-0.2, 0) is 0 Å². The number of aliphatic hydroxyl groups is 2. The Labute approximate surface area is 70.2 Å². The van der Waals surface area contributed by atoms with Crippen molar-refractivity contribution in [1.29, 1.82) is 0 Å². The molecule has 5 nitrogen and oxygen atoms in total. The van der Waals surface area contributed by atoms with Gasteiger partial charge in [0.25, 0.3) is 0 Å². The molecule has 0 aliphatic carbocycles. The molecule has 0 radical (unpaired) electrons. The fourth-order valence-corrected chi connectivity index (χ4v) is 1.38. The lowest BCUT2D eigenvalue weighted by atomic mass is 10.00. The molecule has 1 atom stereocenters. The molecule has 0 aromatic heterocycles. The fraction of sp³-hybridized carbons (Fsp3) is 0.857. The zero-order valence-electron chi connectivity index (χ0n) is 6.90. The number of carbonyl (C=O) groups is 1. The molecule has 0 aromatic rings. The van der Waals surface area contributed by atoms with E-state index in [1.165, 1.54) is 11.8 Å². The molecular weight excluding hydrogens is 162 g/mol. The van der Waals surface area contributed by atoms with Crippen LogP contribution >= 0.6 is 0 Å². The van der Waals surface area contributed by atoms with Crippen molar-refractivity contribution >= 4 is 6.09 Å². The lowest BCUT2D eigenvalue weighted by Gasteiger charge is -2.23. The number of likely N-dealkylation sites (tertiary alicyclic amines) is 1. The van der Waals surface area contributed by atoms with E-state index in [1.807, 2.05) is 0 Å². The van der Waals surface area contributed by atoms with Gasteiger partial charge < -0.3 is 20.2 Å². The third kappa shape index (κ3) is 1.86. The minimum Gasteiger partial charge on any atom is -0.465 e. The van der Waals surface area contributed by atoms with Crippen molar-refractivity contribution in [3.8, 4) is 0 Å². The highest BCUT2D eigenvalue weighted by molar-refractivity contribution is 5.65. The number of rotatable bonds is 1. The Hall–Kier alpha value is -0.810. The van der Waals surface area contributed by atoms with Crippen molar-refractivity contribution in [3.63, 3.8) is 0 Å². The Kier molecular flexibility index (Phi) is 2.25. The van der Waals surface area contributed by atoms with Crippen LogP contribution in [0, 0.1) is 5.92 Å². The summed E-state index contributed by atoms with van der Waals surface area (Å²) in [6.07, 6.45) is -0.489. The molecule has 70 valence electrons. The smallest absolute Gasteiger partial charge is 0.407 e. The van der Waals surface area contributed by atoms with Crippen LogP contribution in [0.15, 0.2) is 0 Å². The molecule has 1 fully saturated rings. The minimum atomic E-state index is -1.76. The zero-order chi connectivity index (χ0) is 9.35. The van der Waals surface area contributed by atoms with E-state index in [9.17, 15) is 4.79 Å². The van der Waals surface area contributed by atoms with Gasteiger partial charge in [0.1, 0.15) is 0 Å². The molecule has 1 saturated heterocycles. The van der Waals surface area contributed by atoms with Gasteiger partial charge in [-0.05, 0) is 13.3 Å². The van der Waals surface area contributed by atoms with E-state index in [2.05, 4.69) is 0 Å². The maximum Gasteiger partial charge on any atom is 0.407 e. The summed E-state index contributed by atoms with van der Waals surface area (Å²) < 4.78 is 0. The van der Waals surface area contributed by atoms with E-state index in [-0.39, 0.29) is 12.5 Å². The second kappa shape index (κ2) is 2.91. The van der Waals surface area contributed by atoms with Crippen LogP contribution in [0.1, 0.15) is 13.3 Å². The topological polar surface area (TPSA) is 81.0 Å². The van der Waals surface area contributed by atoms with Gasteiger partial charge in [-0.25, -0.2) is 4.79 Å². The lowest BCUT2D eigenvalue weighted by molar-refractivity contribution is -0.181. The minimum absolute atomic E-state index is 0.207. The molecular formula is C7H13NO4. The molecule has 12 heavy (non-hydrogen) atoms. The van der Waals surface area contributed by atoms with Crippen molar-refractivity contribution in [2.45, 2.75) is 19.1 Å². The van der Waals surface area contributed by atoms with E-state index >= 15 is 0 Å². The summed E-state index contributed by atoms with van der Waals surface area (Å²) in [6, 6.07) is 0. The van der Waals surface area contributed by atoms with Gasteiger partial charge in [-0.1, -0.05) is 0 Å². The van der Waals surface area contributed by atoms with Crippen LogP contribution in [0.25, 0.3) is 0 Å². The quantitative estimate of drug-likeness (QED) is 0.477. The average molecular weight is 175 g/mol. The van der Waals surface area contributed by atoms with Crippen molar-refractivity contribution in [1.82, 2.24) is 4.90 Å². The molecule has 1 rings (SSSR count). The van der Waals surface area contributed by atoms with E-state index in [4.69, 9.17) is 15.3 Å². The lowest BCUT2D eigenvalue weighted by Crippen LogP contribution is -2.37. The second-order valence-electron chi connectivity index (χ2n) is 3.31. The molecule has 1 amide bonds. The second-order valence-corrected chi connectivity index (χ2v) is 3.31. The highest BCUT2D eigenvalue weighted by atomic mass is 16.5. The van der Waals surface area contributed by atoms with Crippen LogP contribution in [0.3, 0.4) is 0 Å². The highest BCUT2D eigenvalue weighted by Gasteiger charge is 2.36. The van der Waals surface area contributed by atoms with Crippen LogP contribution in [0.5, 0.6) is 0 Å². The first-order chi connectivity index (χ1) is 5.41. The molecule has 1 aliphatic rings. The van der Waals surface area contributed by atoms with Gasteiger partial charge in [-0.3, -0.25) is 0 Å². The molecule has 0 saturated carbocycles. The van der Waals surface area contributed by atoms with E-state index in [0.29, 0.717) is 13.0 Å². The summed E-state index contributed by atoms with van der Waals surface area (Å²) in [7, 11) is 0. The third-order valence-corrected chi connectivity index (χ3v) is 2.23. The first kappa shape index (κ1) is 9.28. The summed E-state index contributed by atoms with van der Waals surface area (Å²) in [5.41, 5.74) is 0. The van der Waals surface area contributed by atoms with Gasteiger partial charge in [0.05, 0.1) is 0 Å². The van der Waals surface area contributed by atoms with Crippen molar-refractivity contribution in [2.24, 2.45) is 5.92 Å². The standard InChI is InChI=1S/C7H13NO4/c1-7(11,12)5-2-3-8(4-5)6(9)10/h5,11-12H,2-4H2,1H3,(H,9,10). The van der Waals surface area contributed by atoms with Crippen molar-refractivity contribution < 1.29 is 20.1 Å². The number of hydrogen-bond donors (Lipinski definition) is 3. The molecule has 0 bridgehead atoms. The third-order valence-electron chi connectivity index (χ3n) is 2.23. The number of nitrogens with zero attached hydrogens (tertiary/aromatic N) is 1. The van der Waals surface area contributed by atoms with Crippen LogP contribution < -0.4 is 0 Å². The van der Waals surface area contributed by atoms with Crippen molar-refractivity contribution in [2.75, 3.05) is 13.1 Å². The largest absolute Gasteiger partial charge is 0.465 e. The van der Waals surface area contributed by atoms with Crippen LogP contribution in [-0.4, -0.2) is 45.2 Å². The van der Waals surface area contributed by atoms with E-state index in [0.717, 1.165) is 0 Å². The number of carboxylic acid groups (broad SMARTS) is 1. The van der Waals surface area contributed by atoms with Gasteiger partial charge in [0.2, 0.25) is 0 Å². The van der Waals surface area contributed by atoms with Gasteiger partial charge in [-0.2, -0.15) is 0 Å². The zero-order valence-corrected chi connectivity index (χ0v) is 6.90. The fourth-order valence-electron chi connectivity index (χ4n) is 1.38. The Morgan fingerprint density at radius 2 is 2.17 bits per heavy atom. The molecule has 1 unspecified atom stereocenters. The summed E-state index contributed by atoms with van der Waals surface area (Å²) >= 11 is 0. The van der Waals surface area contributed by atoms with Crippen LogP contribution in [0.2, 0.25) is 0 Å². The molecule has 1 aliphatic heterocycles. The van der Waals surface area contributed by atoms with Gasteiger partial charge in [-0.15, -0.1) is 0 Å². The summed E-state index contributed by atoms with van der Waals surface area (Å²) in [5.74, 6) is -2.13. The monoisotopic (exact) mass is 175 g/mol.